The Balaban J connectivity index is 0. The van der Waals surface area contributed by atoms with Crippen LogP contribution in [0.5, 0.6) is 0 Å². The van der Waals surface area contributed by atoms with E-state index in [9.17, 15) is 0 Å². The van der Waals surface area contributed by atoms with Crippen LogP contribution in [0, 0.1) is 0 Å². The van der Waals surface area contributed by atoms with Gasteiger partial charge in [-0.25, -0.2) is 0 Å². The zero-order chi connectivity index (χ0) is 3.58. The maximum absolute atomic E-state index is 5.04. The maximum Gasteiger partial charge on any atom is 0.105 e. The Morgan fingerprint density at radius 1 is 1.40 bits per heavy atom. The first-order valence-corrected chi connectivity index (χ1v) is 1.89. The second kappa shape index (κ2) is 4.54. The van der Waals surface area contributed by atoms with Gasteiger partial charge in [-0.15, -0.1) is 23.2 Å². The highest BCUT2D eigenvalue weighted by molar-refractivity contribution is 6.43. The van der Waals surface area contributed by atoms with Gasteiger partial charge in [-0.2, -0.15) is 0 Å². The first-order chi connectivity index (χ1) is 1.73. The second-order valence-corrected chi connectivity index (χ2v) is 2.05. The van der Waals surface area contributed by atoms with E-state index in [1.165, 1.54) is 0 Å². The van der Waals surface area contributed by atoms with Gasteiger partial charge in [0.15, 0.2) is 0 Å². The molecule has 34 valence electrons. The Hall–Kier alpha value is 0.540. The standard InChI is InChI=1S/C2H4Cl2.H3N/c1-2(3)4;/h2H,1H3;1H3. The van der Waals surface area contributed by atoms with Crippen molar-refractivity contribution in [2.75, 3.05) is 0 Å². The summed E-state index contributed by atoms with van der Waals surface area (Å²) < 4.78 is 0. The molecule has 5 heavy (non-hydrogen) atoms. The van der Waals surface area contributed by atoms with Crippen molar-refractivity contribution in [3.8, 4) is 0 Å². The van der Waals surface area contributed by atoms with Gasteiger partial charge in [-0.3, -0.25) is 0 Å². The molecule has 0 aliphatic heterocycles. The van der Waals surface area contributed by atoms with Crippen LogP contribution < -0.4 is 6.15 Å². The molecule has 0 rings (SSSR count). The topological polar surface area (TPSA) is 35.0 Å². The fourth-order valence-corrected chi connectivity index (χ4v) is 0. The summed E-state index contributed by atoms with van der Waals surface area (Å²) in [6.45, 7) is 1.70. The SMILES string of the molecule is CC(Cl)Cl.N. The van der Waals surface area contributed by atoms with Crippen LogP contribution in [0.1, 0.15) is 6.92 Å². The summed E-state index contributed by atoms with van der Waals surface area (Å²) in [5.41, 5.74) is 0. The highest BCUT2D eigenvalue weighted by Crippen LogP contribution is 1.95. The highest BCUT2D eigenvalue weighted by Gasteiger charge is 1.75. The van der Waals surface area contributed by atoms with Crippen LogP contribution in [-0.4, -0.2) is 4.84 Å². The van der Waals surface area contributed by atoms with Gasteiger partial charge in [-0.05, 0) is 6.92 Å². The molecule has 0 atom stereocenters. The number of hydrogen-bond donors (Lipinski definition) is 1. The molecule has 0 spiro atoms. The monoisotopic (exact) mass is 115 g/mol. The molecule has 0 aliphatic rings. The highest BCUT2D eigenvalue weighted by atomic mass is 35.5. The van der Waals surface area contributed by atoms with Gasteiger partial charge in [-0.1, -0.05) is 0 Å². The molecule has 0 unspecified atom stereocenters. The van der Waals surface area contributed by atoms with Crippen molar-refractivity contribution in [2.24, 2.45) is 0 Å². The van der Waals surface area contributed by atoms with Crippen LogP contribution >= 0.6 is 23.2 Å². The average Bonchev–Trinajstić information content (AvgIpc) is 0.811. The lowest BCUT2D eigenvalue weighted by molar-refractivity contribution is 1.39. The number of hydrogen-bond acceptors (Lipinski definition) is 1. The van der Waals surface area contributed by atoms with E-state index < -0.39 is 0 Å². The van der Waals surface area contributed by atoms with Crippen LogP contribution in [-0.2, 0) is 0 Å². The largest absolute Gasteiger partial charge is 0.344 e. The fraction of sp³-hybridized carbons (Fsp3) is 1.00. The minimum atomic E-state index is -0.222. The molecule has 0 heterocycles. The molecule has 0 aromatic heterocycles. The minimum Gasteiger partial charge on any atom is -0.344 e. The van der Waals surface area contributed by atoms with Crippen molar-refractivity contribution in [1.29, 1.82) is 0 Å². The summed E-state index contributed by atoms with van der Waals surface area (Å²) >= 11 is 10.1. The van der Waals surface area contributed by atoms with Gasteiger partial charge in [0.2, 0.25) is 0 Å². The lowest BCUT2D eigenvalue weighted by atomic mass is 11.0. The summed E-state index contributed by atoms with van der Waals surface area (Å²) in [5.74, 6) is 0. The van der Waals surface area contributed by atoms with E-state index in [0.717, 1.165) is 0 Å². The van der Waals surface area contributed by atoms with Crippen LogP contribution in [0.2, 0.25) is 0 Å². The lowest BCUT2D eigenvalue weighted by Gasteiger charge is -1.72. The van der Waals surface area contributed by atoms with E-state index in [2.05, 4.69) is 0 Å². The average molecular weight is 116 g/mol. The molecule has 1 nitrogen and oxygen atoms in total. The van der Waals surface area contributed by atoms with Gasteiger partial charge in [0.1, 0.15) is 4.84 Å². The molecule has 0 bridgehead atoms. The van der Waals surface area contributed by atoms with E-state index in [0.29, 0.717) is 0 Å². The van der Waals surface area contributed by atoms with Crippen molar-refractivity contribution in [1.82, 2.24) is 6.15 Å². The van der Waals surface area contributed by atoms with Crippen molar-refractivity contribution in [2.45, 2.75) is 11.8 Å². The molecular weight excluding hydrogens is 109 g/mol. The Kier molecular flexibility index (Phi) is 8.27. The van der Waals surface area contributed by atoms with Gasteiger partial charge < -0.3 is 6.15 Å². The quantitative estimate of drug-likeness (QED) is 0.482. The summed E-state index contributed by atoms with van der Waals surface area (Å²) in [5, 5.41) is 0. The van der Waals surface area contributed by atoms with Crippen molar-refractivity contribution in [3.63, 3.8) is 0 Å². The van der Waals surface area contributed by atoms with Gasteiger partial charge in [0.25, 0.3) is 0 Å². The Labute approximate surface area is 41.8 Å². The molecule has 0 saturated carbocycles. The van der Waals surface area contributed by atoms with Gasteiger partial charge >= 0.3 is 0 Å². The summed E-state index contributed by atoms with van der Waals surface area (Å²) in [6.07, 6.45) is 0. The van der Waals surface area contributed by atoms with Crippen LogP contribution in [0.4, 0.5) is 0 Å². The zero-order valence-corrected chi connectivity index (χ0v) is 4.55. The first-order valence-electron chi connectivity index (χ1n) is 1.01. The molecule has 3 N–H and O–H groups in total. The molecule has 0 aromatic rings. The Morgan fingerprint density at radius 2 is 1.40 bits per heavy atom. The van der Waals surface area contributed by atoms with Crippen LogP contribution in [0.25, 0.3) is 0 Å². The van der Waals surface area contributed by atoms with Crippen molar-refractivity contribution < 1.29 is 0 Å². The van der Waals surface area contributed by atoms with E-state index in [1.807, 2.05) is 0 Å². The molecular formula is C2H7Cl2N. The number of alkyl halides is 2. The molecule has 0 radical (unpaired) electrons. The van der Waals surface area contributed by atoms with Crippen LogP contribution in [0.15, 0.2) is 0 Å². The predicted molar refractivity (Wildman–Crippen MR) is 26.2 cm³/mol. The molecule has 0 aliphatic carbocycles. The van der Waals surface area contributed by atoms with E-state index >= 15 is 0 Å². The van der Waals surface area contributed by atoms with Crippen molar-refractivity contribution >= 4 is 23.2 Å². The normalized spacial score (nSPS) is 7.20. The molecule has 3 heteroatoms. The van der Waals surface area contributed by atoms with Crippen molar-refractivity contribution in [3.05, 3.63) is 0 Å². The Morgan fingerprint density at radius 3 is 1.40 bits per heavy atom. The second-order valence-electron chi connectivity index (χ2n) is 0.519. The van der Waals surface area contributed by atoms with E-state index in [1.54, 1.807) is 6.92 Å². The fourth-order valence-electron chi connectivity index (χ4n) is 0. The third-order valence-electron chi connectivity index (χ3n) is 0. The first kappa shape index (κ1) is 9.11. The number of rotatable bonds is 0. The minimum absolute atomic E-state index is 0. The lowest BCUT2D eigenvalue weighted by Crippen LogP contribution is -1.63. The predicted octanol–water partition coefficient (Wildman–Crippen LogP) is 1.97. The Bertz CT molecular complexity index is 12.4. The van der Waals surface area contributed by atoms with Crippen LogP contribution in [0.3, 0.4) is 0 Å². The smallest absolute Gasteiger partial charge is 0.105 e. The zero-order valence-electron chi connectivity index (χ0n) is 3.04. The summed E-state index contributed by atoms with van der Waals surface area (Å²) in [6, 6.07) is 0. The molecule has 0 fully saturated rings. The molecule has 0 amide bonds. The van der Waals surface area contributed by atoms with E-state index in [-0.39, 0.29) is 11.0 Å². The third-order valence-corrected chi connectivity index (χ3v) is 0. The summed E-state index contributed by atoms with van der Waals surface area (Å²) in [4.78, 5) is -0.222. The molecule has 0 aromatic carbocycles. The van der Waals surface area contributed by atoms with Gasteiger partial charge in [0.05, 0.1) is 0 Å². The van der Waals surface area contributed by atoms with Gasteiger partial charge in [0, 0.05) is 0 Å². The van der Waals surface area contributed by atoms with E-state index in [4.69, 9.17) is 23.2 Å². The number of halogens is 2. The third kappa shape index (κ3) is 100. The molecule has 0 saturated heterocycles. The summed E-state index contributed by atoms with van der Waals surface area (Å²) in [7, 11) is 0. The maximum atomic E-state index is 5.04.